The molecular weight excluding hydrogens is 286 g/mol. The fourth-order valence-corrected chi connectivity index (χ4v) is 1.74. The number of rotatable bonds is 6. The summed E-state index contributed by atoms with van der Waals surface area (Å²) in [6.45, 7) is 0.509. The van der Waals surface area contributed by atoms with Gasteiger partial charge in [-0.1, -0.05) is 5.16 Å². The predicted octanol–water partition coefficient (Wildman–Crippen LogP) is 2.29. The lowest BCUT2D eigenvalue weighted by molar-refractivity contribution is 0.0696. The first-order valence-corrected chi connectivity index (χ1v) is 6.07. The van der Waals surface area contributed by atoms with Gasteiger partial charge in [0.25, 0.3) is 5.89 Å². The van der Waals surface area contributed by atoms with Gasteiger partial charge in [0, 0.05) is 20.1 Å². The van der Waals surface area contributed by atoms with Gasteiger partial charge in [-0.25, -0.2) is 13.6 Å². The number of methoxy groups -OCH3 is 1. The van der Waals surface area contributed by atoms with E-state index in [2.05, 4.69) is 10.1 Å². The lowest BCUT2D eigenvalue weighted by Crippen LogP contribution is -2.02. The minimum Gasteiger partial charge on any atom is -0.478 e. The minimum absolute atomic E-state index is 0.160. The van der Waals surface area contributed by atoms with Gasteiger partial charge in [-0.05, 0) is 18.6 Å². The van der Waals surface area contributed by atoms with E-state index in [1.165, 1.54) is 0 Å². The summed E-state index contributed by atoms with van der Waals surface area (Å²) < 4.78 is 36.2. The third-order valence-corrected chi connectivity index (χ3v) is 2.74. The molecular formula is C13H12F2N2O4. The number of carbonyl (C=O) groups is 1. The van der Waals surface area contributed by atoms with Crippen LogP contribution in [0.4, 0.5) is 8.78 Å². The number of carboxylic acids is 1. The van der Waals surface area contributed by atoms with Gasteiger partial charge in [-0.2, -0.15) is 4.98 Å². The maximum Gasteiger partial charge on any atom is 0.336 e. The van der Waals surface area contributed by atoms with Gasteiger partial charge in [0.05, 0.1) is 11.1 Å². The summed E-state index contributed by atoms with van der Waals surface area (Å²) >= 11 is 0. The van der Waals surface area contributed by atoms with Crippen molar-refractivity contribution >= 4 is 5.97 Å². The first kappa shape index (κ1) is 15.0. The van der Waals surface area contributed by atoms with Crippen molar-refractivity contribution in [2.75, 3.05) is 13.7 Å². The second-order valence-electron chi connectivity index (χ2n) is 4.23. The number of nitrogens with zero attached hydrogens (tertiary/aromatic N) is 2. The van der Waals surface area contributed by atoms with E-state index in [0.717, 1.165) is 6.07 Å². The van der Waals surface area contributed by atoms with E-state index in [-0.39, 0.29) is 11.5 Å². The normalized spacial score (nSPS) is 10.8. The van der Waals surface area contributed by atoms with Crippen LogP contribution in [0.15, 0.2) is 16.7 Å². The highest BCUT2D eigenvalue weighted by Crippen LogP contribution is 2.25. The van der Waals surface area contributed by atoms with E-state index in [9.17, 15) is 13.6 Å². The molecule has 1 aromatic heterocycles. The molecule has 6 nitrogen and oxygen atoms in total. The molecule has 0 bridgehead atoms. The van der Waals surface area contributed by atoms with Gasteiger partial charge in [0.1, 0.15) is 0 Å². The Morgan fingerprint density at radius 2 is 2.10 bits per heavy atom. The molecule has 112 valence electrons. The van der Waals surface area contributed by atoms with Crippen LogP contribution in [0.1, 0.15) is 22.6 Å². The molecule has 0 unspecified atom stereocenters. The number of carboxylic acid groups (broad SMARTS) is 1. The molecule has 0 amide bonds. The topological polar surface area (TPSA) is 85.5 Å². The van der Waals surface area contributed by atoms with E-state index >= 15 is 0 Å². The fraction of sp³-hybridized carbons (Fsp3) is 0.308. The molecule has 0 spiro atoms. The van der Waals surface area contributed by atoms with Crippen LogP contribution in [-0.2, 0) is 11.2 Å². The molecule has 2 rings (SSSR count). The molecule has 1 aromatic carbocycles. The van der Waals surface area contributed by atoms with Gasteiger partial charge in [0.15, 0.2) is 17.5 Å². The summed E-state index contributed by atoms with van der Waals surface area (Å²) in [6, 6.07) is 1.31. The zero-order chi connectivity index (χ0) is 15.4. The van der Waals surface area contributed by atoms with Crippen LogP contribution in [0.3, 0.4) is 0 Å². The van der Waals surface area contributed by atoms with Gasteiger partial charge in [-0.3, -0.25) is 0 Å². The van der Waals surface area contributed by atoms with E-state index in [0.29, 0.717) is 31.3 Å². The number of aromatic carboxylic acids is 1. The number of halogens is 2. The summed E-state index contributed by atoms with van der Waals surface area (Å²) in [4.78, 5) is 15.1. The average molecular weight is 298 g/mol. The van der Waals surface area contributed by atoms with Crippen molar-refractivity contribution in [1.82, 2.24) is 10.1 Å². The van der Waals surface area contributed by atoms with Gasteiger partial charge in [-0.15, -0.1) is 0 Å². The molecule has 0 saturated heterocycles. The molecule has 8 heteroatoms. The van der Waals surface area contributed by atoms with Crippen LogP contribution in [0.5, 0.6) is 0 Å². The van der Waals surface area contributed by atoms with Crippen molar-refractivity contribution < 1.29 is 27.9 Å². The Morgan fingerprint density at radius 3 is 2.76 bits per heavy atom. The monoisotopic (exact) mass is 298 g/mol. The Labute approximate surface area is 118 Å². The maximum absolute atomic E-state index is 13.3. The first-order chi connectivity index (χ1) is 10.0. The Morgan fingerprint density at radius 1 is 1.38 bits per heavy atom. The Hall–Kier alpha value is -2.35. The molecule has 0 radical (unpaired) electrons. The number of benzene rings is 1. The second kappa shape index (κ2) is 6.40. The van der Waals surface area contributed by atoms with Crippen molar-refractivity contribution in [2.45, 2.75) is 12.8 Å². The highest BCUT2D eigenvalue weighted by atomic mass is 19.2. The van der Waals surface area contributed by atoms with Crippen molar-refractivity contribution in [3.05, 3.63) is 35.2 Å². The van der Waals surface area contributed by atoms with E-state index in [1.54, 1.807) is 7.11 Å². The molecule has 2 aromatic rings. The molecule has 0 aliphatic heterocycles. The summed E-state index contributed by atoms with van der Waals surface area (Å²) in [7, 11) is 1.56. The molecule has 1 heterocycles. The van der Waals surface area contributed by atoms with Crippen molar-refractivity contribution in [1.29, 1.82) is 0 Å². The molecule has 0 fully saturated rings. The van der Waals surface area contributed by atoms with Crippen LogP contribution >= 0.6 is 0 Å². The highest BCUT2D eigenvalue weighted by molar-refractivity contribution is 5.94. The molecule has 0 saturated carbocycles. The third-order valence-electron chi connectivity index (χ3n) is 2.74. The van der Waals surface area contributed by atoms with E-state index in [4.69, 9.17) is 14.4 Å². The number of aromatic nitrogens is 2. The first-order valence-electron chi connectivity index (χ1n) is 6.07. The average Bonchev–Trinajstić information content (AvgIpc) is 2.90. The van der Waals surface area contributed by atoms with Gasteiger partial charge >= 0.3 is 5.97 Å². The van der Waals surface area contributed by atoms with E-state index < -0.39 is 23.2 Å². The Balaban J connectivity index is 2.33. The van der Waals surface area contributed by atoms with Crippen LogP contribution in [0, 0.1) is 11.6 Å². The SMILES string of the molecule is COCCCc1noc(-c2cc(F)c(F)cc2C(=O)O)n1. The Kier molecular flexibility index (Phi) is 4.59. The minimum atomic E-state index is -1.41. The highest BCUT2D eigenvalue weighted by Gasteiger charge is 2.20. The second-order valence-corrected chi connectivity index (χ2v) is 4.23. The Bertz CT molecular complexity index is 658. The zero-order valence-electron chi connectivity index (χ0n) is 11.1. The summed E-state index contributed by atoms with van der Waals surface area (Å²) in [5.74, 6) is -3.69. The molecule has 1 N–H and O–H groups in total. The van der Waals surface area contributed by atoms with Crippen LogP contribution in [-0.4, -0.2) is 34.9 Å². The van der Waals surface area contributed by atoms with Crippen molar-refractivity contribution in [3.63, 3.8) is 0 Å². The van der Waals surface area contributed by atoms with Crippen molar-refractivity contribution in [3.8, 4) is 11.5 Å². The third kappa shape index (κ3) is 3.40. The summed E-state index contributed by atoms with van der Waals surface area (Å²) in [6.07, 6.45) is 1.11. The smallest absolute Gasteiger partial charge is 0.336 e. The standard InChI is InChI=1S/C13H12F2N2O4/c1-20-4-2-3-11-16-12(21-17-11)7-5-9(14)10(15)6-8(7)13(18)19/h5-6H,2-4H2,1H3,(H,18,19). The molecule has 0 aliphatic carbocycles. The zero-order valence-corrected chi connectivity index (χ0v) is 11.1. The quantitative estimate of drug-likeness (QED) is 0.823. The number of hydrogen-bond donors (Lipinski definition) is 1. The number of ether oxygens (including phenoxy) is 1. The molecule has 0 aliphatic rings. The lowest BCUT2D eigenvalue weighted by Gasteiger charge is -2.02. The van der Waals surface area contributed by atoms with Crippen LogP contribution < -0.4 is 0 Å². The maximum atomic E-state index is 13.3. The van der Waals surface area contributed by atoms with Crippen molar-refractivity contribution in [2.24, 2.45) is 0 Å². The largest absolute Gasteiger partial charge is 0.478 e. The lowest BCUT2D eigenvalue weighted by atomic mass is 10.1. The molecule has 0 atom stereocenters. The number of aryl methyl sites for hydroxylation is 1. The van der Waals surface area contributed by atoms with Crippen LogP contribution in [0.25, 0.3) is 11.5 Å². The number of hydrogen-bond acceptors (Lipinski definition) is 5. The van der Waals surface area contributed by atoms with Gasteiger partial charge < -0.3 is 14.4 Å². The van der Waals surface area contributed by atoms with E-state index in [1.807, 2.05) is 0 Å². The fourth-order valence-electron chi connectivity index (χ4n) is 1.74. The summed E-state index contributed by atoms with van der Waals surface area (Å²) in [5, 5.41) is 12.7. The predicted molar refractivity (Wildman–Crippen MR) is 66.8 cm³/mol. The summed E-state index contributed by atoms with van der Waals surface area (Å²) in [5.41, 5.74) is -0.604. The van der Waals surface area contributed by atoms with Crippen LogP contribution in [0.2, 0.25) is 0 Å². The molecule has 21 heavy (non-hydrogen) atoms. The van der Waals surface area contributed by atoms with Gasteiger partial charge in [0.2, 0.25) is 0 Å².